The van der Waals surface area contributed by atoms with Crippen molar-refractivity contribution in [1.82, 2.24) is 0 Å². The van der Waals surface area contributed by atoms with E-state index in [1.54, 1.807) is 12.1 Å². The summed E-state index contributed by atoms with van der Waals surface area (Å²) >= 11 is 0. The van der Waals surface area contributed by atoms with E-state index < -0.39 is 29.2 Å². The molecule has 2 N–H and O–H groups in total. The number of halogens is 3. The van der Waals surface area contributed by atoms with Crippen molar-refractivity contribution in [3.05, 3.63) is 65.6 Å². The molecule has 1 heterocycles. The first kappa shape index (κ1) is 25.5. The lowest BCUT2D eigenvalue weighted by molar-refractivity contribution is -0.136. The second kappa shape index (κ2) is 10.9. The number of amides is 2. The Kier molecular flexibility index (Phi) is 7.90. The van der Waals surface area contributed by atoms with Gasteiger partial charge in [-0.2, -0.15) is 13.2 Å². The highest BCUT2D eigenvalue weighted by atomic mass is 19.4. The average Bonchev–Trinajstić information content (AvgIpc) is 3.37. The summed E-state index contributed by atoms with van der Waals surface area (Å²) in [5, 5.41) is 4.63. The molecule has 2 amide bonds. The van der Waals surface area contributed by atoms with Crippen LogP contribution in [0.5, 0.6) is 17.2 Å². The van der Waals surface area contributed by atoms with Gasteiger partial charge in [0.25, 0.3) is 5.91 Å². The summed E-state index contributed by atoms with van der Waals surface area (Å²) in [5.74, 6) is -0.247. The lowest BCUT2D eigenvalue weighted by Gasteiger charge is -2.17. The van der Waals surface area contributed by atoms with Crippen LogP contribution in [0.25, 0.3) is 0 Å². The van der Waals surface area contributed by atoms with Gasteiger partial charge in [-0.15, -0.1) is 0 Å². The monoisotopic (exact) mass is 492 g/mol. The van der Waals surface area contributed by atoms with Crippen molar-refractivity contribution >= 4 is 23.2 Å². The Balaban J connectivity index is 1.75. The molecular weight excluding hydrogens is 469 g/mol. The summed E-state index contributed by atoms with van der Waals surface area (Å²) in [5.41, 5.74) is -1.02. The van der Waals surface area contributed by atoms with Gasteiger partial charge in [-0.3, -0.25) is 9.59 Å². The van der Waals surface area contributed by atoms with E-state index in [2.05, 4.69) is 10.6 Å². The van der Waals surface area contributed by atoms with Crippen LogP contribution in [0.15, 0.2) is 53.1 Å². The summed E-state index contributed by atoms with van der Waals surface area (Å²) < 4.78 is 61.8. The molecule has 0 fully saturated rings. The first-order valence-corrected chi connectivity index (χ1v) is 10.3. The van der Waals surface area contributed by atoms with Crippen LogP contribution >= 0.6 is 0 Å². The molecule has 8 nitrogen and oxygen atoms in total. The maximum atomic E-state index is 13.7. The lowest BCUT2D eigenvalue weighted by atomic mass is 10.1. The molecular formula is C24H23F3N2O6. The Morgan fingerprint density at radius 1 is 0.943 bits per heavy atom. The minimum Gasteiger partial charge on any atom is -0.493 e. The summed E-state index contributed by atoms with van der Waals surface area (Å²) in [6, 6.07) is 9.26. The van der Waals surface area contributed by atoms with Crippen molar-refractivity contribution in [2.45, 2.75) is 19.0 Å². The van der Waals surface area contributed by atoms with E-state index in [9.17, 15) is 22.8 Å². The van der Waals surface area contributed by atoms with Gasteiger partial charge < -0.3 is 29.3 Å². The number of alkyl halides is 3. The zero-order valence-electron chi connectivity index (χ0n) is 19.1. The maximum Gasteiger partial charge on any atom is 0.418 e. The number of carbonyl (C=O) groups is 2. The molecule has 0 saturated carbocycles. The van der Waals surface area contributed by atoms with E-state index in [0.717, 1.165) is 12.1 Å². The zero-order valence-corrected chi connectivity index (χ0v) is 19.1. The fourth-order valence-corrected chi connectivity index (χ4v) is 3.39. The summed E-state index contributed by atoms with van der Waals surface area (Å²) in [6.07, 6.45) is -3.46. The molecule has 0 aliphatic rings. The van der Waals surface area contributed by atoms with Crippen LogP contribution in [0.3, 0.4) is 0 Å². The largest absolute Gasteiger partial charge is 0.493 e. The molecule has 0 radical (unpaired) electrons. The Morgan fingerprint density at radius 3 is 2.29 bits per heavy atom. The van der Waals surface area contributed by atoms with E-state index in [-0.39, 0.29) is 24.3 Å². The van der Waals surface area contributed by atoms with Crippen LogP contribution in [-0.2, 0) is 17.4 Å². The highest BCUT2D eigenvalue weighted by Gasteiger charge is 2.34. The van der Waals surface area contributed by atoms with Crippen LogP contribution in [-0.4, -0.2) is 33.1 Å². The number of rotatable bonds is 9. The van der Waals surface area contributed by atoms with Crippen LogP contribution < -0.4 is 24.8 Å². The van der Waals surface area contributed by atoms with Gasteiger partial charge in [0, 0.05) is 12.1 Å². The van der Waals surface area contributed by atoms with Gasteiger partial charge in [0.2, 0.25) is 11.7 Å². The molecule has 1 aromatic heterocycles. The van der Waals surface area contributed by atoms with Crippen LogP contribution in [0, 0.1) is 0 Å². The maximum absolute atomic E-state index is 13.7. The van der Waals surface area contributed by atoms with Crippen molar-refractivity contribution in [2.24, 2.45) is 0 Å². The summed E-state index contributed by atoms with van der Waals surface area (Å²) in [6.45, 7) is 0. The molecule has 0 bridgehead atoms. The molecule has 11 heteroatoms. The SMILES string of the molecule is COc1ccc(CCC(=O)Nc2ccc(NC(=O)c3ccco3)cc2C(F)(F)F)c(OC)c1OC. The van der Waals surface area contributed by atoms with E-state index in [1.807, 2.05) is 0 Å². The number of anilines is 2. The summed E-state index contributed by atoms with van der Waals surface area (Å²) in [4.78, 5) is 24.6. The Labute approximate surface area is 199 Å². The van der Waals surface area contributed by atoms with Crippen LogP contribution in [0.1, 0.15) is 28.1 Å². The molecule has 0 unspecified atom stereocenters. The van der Waals surface area contributed by atoms with Crippen molar-refractivity contribution < 1.29 is 41.4 Å². The van der Waals surface area contributed by atoms with Gasteiger partial charge in [-0.1, -0.05) is 6.07 Å². The van der Waals surface area contributed by atoms with Crippen molar-refractivity contribution in [3.8, 4) is 17.2 Å². The van der Waals surface area contributed by atoms with Crippen LogP contribution in [0.2, 0.25) is 0 Å². The summed E-state index contributed by atoms with van der Waals surface area (Å²) in [7, 11) is 4.34. The molecule has 0 spiro atoms. The minimum atomic E-state index is -4.78. The smallest absolute Gasteiger partial charge is 0.418 e. The fraction of sp³-hybridized carbons (Fsp3) is 0.250. The van der Waals surface area contributed by atoms with Crippen molar-refractivity contribution in [3.63, 3.8) is 0 Å². The first-order valence-electron chi connectivity index (χ1n) is 10.3. The molecule has 0 aliphatic carbocycles. The minimum absolute atomic E-state index is 0.0541. The highest BCUT2D eigenvalue weighted by molar-refractivity contribution is 6.02. The van der Waals surface area contributed by atoms with E-state index in [1.165, 1.54) is 45.8 Å². The van der Waals surface area contributed by atoms with Gasteiger partial charge in [0.15, 0.2) is 17.3 Å². The number of methoxy groups -OCH3 is 3. The number of ether oxygens (including phenoxy) is 3. The Hall–Kier alpha value is -4.15. The van der Waals surface area contributed by atoms with Crippen molar-refractivity contribution in [2.75, 3.05) is 32.0 Å². The topological polar surface area (TPSA) is 99.0 Å². The van der Waals surface area contributed by atoms with E-state index in [0.29, 0.717) is 22.8 Å². The van der Waals surface area contributed by atoms with Crippen molar-refractivity contribution in [1.29, 1.82) is 0 Å². The third-order valence-electron chi connectivity index (χ3n) is 5.01. The quantitative estimate of drug-likeness (QED) is 0.429. The van der Waals surface area contributed by atoms with Gasteiger partial charge in [-0.25, -0.2) is 0 Å². The lowest BCUT2D eigenvalue weighted by Crippen LogP contribution is -2.18. The number of carbonyl (C=O) groups excluding carboxylic acids is 2. The standard InChI is InChI=1S/C24H23F3N2O6/c1-32-18-10-6-14(21(33-2)22(18)34-3)7-11-20(30)29-17-9-8-15(13-16(17)24(25,26)27)28-23(31)19-5-4-12-35-19/h4-6,8-10,12-13H,7,11H2,1-3H3,(H,28,31)(H,29,30). The molecule has 186 valence electrons. The number of hydrogen-bond acceptors (Lipinski definition) is 6. The third-order valence-corrected chi connectivity index (χ3v) is 5.01. The number of furan rings is 1. The second-order valence-corrected chi connectivity index (χ2v) is 7.23. The second-order valence-electron chi connectivity index (χ2n) is 7.23. The molecule has 2 aromatic carbocycles. The molecule has 0 saturated heterocycles. The number of aryl methyl sites for hydroxylation is 1. The van der Waals surface area contributed by atoms with Gasteiger partial charge in [-0.05, 0) is 48.4 Å². The predicted molar refractivity (Wildman–Crippen MR) is 121 cm³/mol. The predicted octanol–water partition coefficient (Wildman–Crippen LogP) is 5.15. The normalized spacial score (nSPS) is 11.0. The molecule has 0 atom stereocenters. The average molecular weight is 492 g/mol. The molecule has 35 heavy (non-hydrogen) atoms. The number of benzene rings is 2. The Morgan fingerprint density at radius 2 is 1.69 bits per heavy atom. The molecule has 0 aliphatic heterocycles. The molecule has 3 aromatic rings. The highest BCUT2D eigenvalue weighted by Crippen LogP contribution is 2.40. The number of nitrogens with one attached hydrogen (secondary N) is 2. The van der Waals surface area contributed by atoms with Crippen LogP contribution in [0.4, 0.5) is 24.5 Å². The van der Waals surface area contributed by atoms with Gasteiger partial charge in [0.05, 0.1) is 38.8 Å². The van der Waals surface area contributed by atoms with Gasteiger partial charge in [0.1, 0.15) is 0 Å². The first-order chi connectivity index (χ1) is 16.7. The van der Waals surface area contributed by atoms with E-state index in [4.69, 9.17) is 18.6 Å². The van der Waals surface area contributed by atoms with Gasteiger partial charge >= 0.3 is 6.18 Å². The fourth-order valence-electron chi connectivity index (χ4n) is 3.39. The Bertz CT molecular complexity index is 1190. The number of hydrogen-bond donors (Lipinski definition) is 2. The zero-order chi connectivity index (χ0) is 25.6. The third kappa shape index (κ3) is 6.05. The van der Waals surface area contributed by atoms with E-state index >= 15 is 0 Å². The molecule has 3 rings (SSSR count).